The minimum absolute atomic E-state index is 0.405. The Morgan fingerprint density at radius 2 is 2.15 bits per heavy atom. The van der Waals surface area contributed by atoms with Gasteiger partial charge >= 0.3 is 0 Å². The lowest BCUT2D eigenvalue weighted by Crippen LogP contribution is -2.12. The van der Waals surface area contributed by atoms with Gasteiger partial charge in [-0.3, -0.25) is 0 Å². The van der Waals surface area contributed by atoms with Crippen LogP contribution >= 0.6 is 11.6 Å². The summed E-state index contributed by atoms with van der Waals surface area (Å²) in [6.45, 7) is 6.53. The molecule has 0 spiro atoms. The molecule has 0 saturated carbocycles. The van der Waals surface area contributed by atoms with E-state index in [0.29, 0.717) is 5.88 Å². The van der Waals surface area contributed by atoms with Crippen molar-refractivity contribution in [1.82, 2.24) is 28.9 Å². The molecule has 6 nitrogen and oxygen atoms in total. The van der Waals surface area contributed by atoms with Crippen molar-refractivity contribution >= 4 is 22.8 Å². The third-order valence-corrected chi connectivity index (χ3v) is 3.68. The molecule has 0 aromatic carbocycles. The molecule has 7 heteroatoms. The zero-order valence-corrected chi connectivity index (χ0v) is 12.4. The van der Waals surface area contributed by atoms with Crippen LogP contribution in [0.1, 0.15) is 18.4 Å². The maximum Gasteiger partial charge on any atom is 0.159 e. The first-order chi connectivity index (χ1) is 9.74. The zero-order valence-electron chi connectivity index (χ0n) is 11.6. The van der Waals surface area contributed by atoms with Crippen LogP contribution in [0, 0.1) is 6.92 Å². The maximum atomic E-state index is 6.04. The van der Waals surface area contributed by atoms with Crippen LogP contribution in [0.3, 0.4) is 0 Å². The second-order valence-electron chi connectivity index (χ2n) is 4.69. The summed E-state index contributed by atoms with van der Waals surface area (Å²) < 4.78 is 6.19. The molecule has 3 aromatic heterocycles. The number of halogens is 1. The molecule has 0 aliphatic rings. The number of alkyl halides is 1. The van der Waals surface area contributed by atoms with Gasteiger partial charge in [0.15, 0.2) is 5.65 Å². The quantitative estimate of drug-likeness (QED) is 0.678. The molecular weight excluding hydrogens is 276 g/mol. The molecule has 0 aliphatic carbocycles. The van der Waals surface area contributed by atoms with Crippen molar-refractivity contribution in [2.24, 2.45) is 0 Å². The average Bonchev–Trinajstić information content (AvgIpc) is 3.14. The highest BCUT2D eigenvalue weighted by atomic mass is 35.5. The molecule has 3 aromatic rings. The van der Waals surface area contributed by atoms with Crippen LogP contribution in [0.5, 0.6) is 0 Å². The smallest absolute Gasteiger partial charge is 0.159 e. The van der Waals surface area contributed by atoms with Crippen molar-refractivity contribution in [3.05, 3.63) is 30.2 Å². The highest BCUT2D eigenvalue weighted by Gasteiger charge is 2.17. The SMILES string of the molecule is CCn1nc(C)c2nc(CCl)n(CCn3ccnc3)c21. The summed E-state index contributed by atoms with van der Waals surface area (Å²) in [5, 5.41) is 4.52. The highest BCUT2D eigenvalue weighted by molar-refractivity contribution is 6.16. The number of hydrogen-bond donors (Lipinski definition) is 0. The van der Waals surface area contributed by atoms with Gasteiger partial charge in [0.1, 0.15) is 11.3 Å². The molecule has 0 saturated heterocycles. The first-order valence-electron chi connectivity index (χ1n) is 6.68. The van der Waals surface area contributed by atoms with Crippen LogP contribution in [0.4, 0.5) is 0 Å². The second-order valence-corrected chi connectivity index (χ2v) is 4.95. The van der Waals surface area contributed by atoms with Crippen molar-refractivity contribution in [3.63, 3.8) is 0 Å². The van der Waals surface area contributed by atoms with E-state index in [1.165, 1.54) is 0 Å². The first kappa shape index (κ1) is 13.2. The van der Waals surface area contributed by atoms with Gasteiger partial charge in [-0.1, -0.05) is 0 Å². The topological polar surface area (TPSA) is 53.5 Å². The third kappa shape index (κ3) is 2.10. The number of aryl methyl sites for hydroxylation is 4. The standard InChI is InChI=1S/C13H17ClN6/c1-3-20-13-12(10(2)17-20)16-11(8-14)19(13)7-6-18-5-4-15-9-18/h4-5,9H,3,6-8H2,1-2H3. The Labute approximate surface area is 122 Å². The number of nitrogens with zero attached hydrogens (tertiary/aromatic N) is 6. The van der Waals surface area contributed by atoms with Gasteiger partial charge in [0.05, 0.1) is 17.9 Å². The normalized spacial score (nSPS) is 11.6. The minimum atomic E-state index is 0.405. The van der Waals surface area contributed by atoms with Gasteiger partial charge < -0.3 is 9.13 Å². The number of hydrogen-bond acceptors (Lipinski definition) is 3. The maximum absolute atomic E-state index is 6.04. The predicted molar refractivity (Wildman–Crippen MR) is 77.7 cm³/mol. The van der Waals surface area contributed by atoms with E-state index in [4.69, 9.17) is 11.6 Å². The van der Waals surface area contributed by atoms with Crippen LogP contribution < -0.4 is 0 Å². The Balaban J connectivity index is 2.02. The van der Waals surface area contributed by atoms with Crippen LogP contribution in [0.25, 0.3) is 11.2 Å². The highest BCUT2D eigenvalue weighted by Crippen LogP contribution is 2.21. The summed E-state index contributed by atoms with van der Waals surface area (Å²) in [6, 6.07) is 0. The van der Waals surface area contributed by atoms with Gasteiger partial charge in [-0.25, -0.2) is 14.6 Å². The van der Waals surface area contributed by atoms with Crippen molar-refractivity contribution < 1.29 is 0 Å². The molecule has 0 fully saturated rings. The summed E-state index contributed by atoms with van der Waals surface area (Å²) in [6.07, 6.45) is 5.56. The molecule has 0 aliphatic heterocycles. The van der Waals surface area contributed by atoms with Gasteiger partial charge in [-0.2, -0.15) is 5.10 Å². The van der Waals surface area contributed by atoms with Crippen LogP contribution in [0.15, 0.2) is 18.7 Å². The van der Waals surface area contributed by atoms with E-state index in [1.807, 2.05) is 28.7 Å². The lowest BCUT2D eigenvalue weighted by Gasteiger charge is -2.09. The molecule has 106 valence electrons. The van der Waals surface area contributed by atoms with Gasteiger partial charge in [-0.05, 0) is 13.8 Å². The van der Waals surface area contributed by atoms with Crippen molar-refractivity contribution in [3.8, 4) is 0 Å². The largest absolute Gasteiger partial charge is 0.336 e. The zero-order chi connectivity index (χ0) is 14.1. The summed E-state index contributed by atoms with van der Waals surface area (Å²) in [5.41, 5.74) is 2.96. The molecular formula is C13H17ClN6. The van der Waals surface area contributed by atoms with Gasteiger partial charge in [0.2, 0.25) is 0 Å². The molecule has 0 amide bonds. The Bertz CT molecular complexity index is 709. The fraction of sp³-hybridized carbons (Fsp3) is 0.462. The monoisotopic (exact) mass is 292 g/mol. The van der Waals surface area contributed by atoms with E-state index in [-0.39, 0.29) is 0 Å². The first-order valence-corrected chi connectivity index (χ1v) is 7.22. The van der Waals surface area contributed by atoms with Crippen molar-refractivity contribution in [1.29, 1.82) is 0 Å². The number of imidazole rings is 2. The summed E-state index contributed by atoms with van der Waals surface area (Å²) >= 11 is 6.04. The number of rotatable bonds is 5. The molecule has 0 radical (unpaired) electrons. The molecule has 20 heavy (non-hydrogen) atoms. The summed E-state index contributed by atoms with van der Waals surface area (Å²) in [7, 11) is 0. The Morgan fingerprint density at radius 1 is 1.30 bits per heavy atom. The van der Waals surface area contributed by atoms with Crippen molar-refractivity contribution in [2.45, 2.75) is 39.4 Å². The van der Waals surface area contributed by atoms with E-state index < -0.39 is 0 Å². The van der Waals surface area contributed by atoms with E-state index in [2.05, 4.69) is 26.6 Å². The lowest BCUT2D eigenvalue weighted by atomic mass is 10.4. The molecule has 0 N–H and O–H groups in total. The molecule has 0 unspecified atom stereocenters. The second kappa shape index (κ2) is 5.28. The Kier molecular flexibility index (Phi) is 3.48. The van der Waals surface area contributed by atoms with E-state index in [1.54, 1.807) is 6.20 Å². The van der Waals surface area contributed by atoms with Crippen LogP contribution in [-0.2, 0) is 25.5 Å². The molecule has 0 bridgehead atoms. The van der Waals surface area contributed by atoms with E-state index >= 15 is 0 Å². The Hall–Kier alpha value is -1.82. The van der Waals surface area contributed by atoms with E-state index in [9.17, 15) is 0 Å². The predicted octanol–water partition coefficient (Wildman–Crippen LogP) is 2.20. The fourth-order valence-corrected chi connectivity index (χ4v) is 2.67. The third-order valence-electron chi connectivity index (χ3n) is 3.44. The van der Waals surface area contributed by atoms with Crippen LogP contribution in [-0.4, -0.2) is 28.9 Å². The number of fused-ring (bicyclic) bond motifs is 1. The van der Waals surface area contributed by atoms with Gasteiger partial charge in [-0.15, -0.1) is 11.6 Å². The fourth-order valence-electron chi connectivity index (χ4n) is 2.46. The molecule has 3 heterocycles. The van der Waals surface area contributed by atoms with Gasteiger partial charge in [0.25, 0.3) is 0 Å². The summed E-state index contributed by atoms with van der Waals surface area (Å²) in [4.78, 5) is 8.68. The number of aromatic nitrogens is 6. The van der Waals surface area contributed by atoms with E-state index in [0.717, 1.165) is 42.3 Å². The molecule has 3 rings (SSSR count). The van der Waals surface area contributed by atoms with Gasteiger partial charge in [0, 0.05) is 32.0 Å². The molecule has 0 atom stereocenters. The average molecular weight is 293 g/mol. The summed E-state index contributed by atoms with van der Waals surface area (Å²) in [5.74, 6) is 1.30. The van der Waals surface area contributed by atoms with Crippen LogP contribution in [0.2, 0.25) is 0 Å². The van der Waals surface area contributed by atoms with Crippen molar-refractivity contribution in [2.75, 3.05) is 0 Å². The lowest BCUT2D eigenvalue weighted by molar-refractivity contribution is 0.556. The Morgan fingerprint density at radius 3 is 2.80 bits per heavy atom. The minimum Gasteiger partial charge on any atom is -0.336 e.